The van der Waals surface area contributed by atoms with Gasteiger partial charge in [0, 0.05) is 39.5 Å². The Morgan fingerprint density at radius 1 is 1.57 bits per heavy atom. The average molecular weight is 293 g/mol. The normalized spacial score (nSPS) is 18.6. The summed E-state index contributed by atoms with van der Waals surface area (Å²) in [5.41, 5.74) is 0.547. The minimum atomic E-state index is -0.141. The van der Waals surface area contributed by atoms with E-state index in [1.54, 1.807) is 19.4 Å². The van der Waals surface area contributed by atoms with Gasteiger partial charge in [-0.15, -0.1) is 0 Å². The topological polar surface area (TPSA) is 74.7 Å². The number of aliphatic hydroxyl groups is 1. The maximum absolute atomic E-state index is 11.9. The predicted octanol–water partition coefficient (Wildman–Crippen LogP) is 0.666. The van der Waals surface area contributed by atoms with E-state index in [1.165, 1.54) is 0 Å². The molecule has 116 valence electrons. The monoisotopic (exact) mass is 293 g/mol. The Labute approximate surface area is 125 Å². The lowest BCUT2D eigenvalue weighted by Gasteiger charge is -2.32. The summed E-state index contributed by atoms with van der Waals surface area (Å²) in [6.07, 6.45) is 3.72. The van der Waals surface area contributed by atoms with Crippen molar-refractivity contribution in [2.24, 2.45) is 5.92 Å². The molecule has 2 heterocycles. The third-order valence-corrected chi connectivity index (χ3v) is 3.70. The second-order valence-electron chi connectivity index (χ2n) is 5.29. The van der Waals surface area contributed by atoms with E-state index in [0.29, 0.717) is 24.6 Å². The summed E-state index contributed by atoms with van der Waals surface area (Å²) >= 11 is 0. The molecule has 2 rings (SSSR count). The van der Waals surface area contributed by atoms with Gasteiger partial charge in [0.1, 0.15) is 5.82 Å². The number of carbonyl (C=O) groups excluding carboxylic acids is 1. The molecule has 1 saturated heterocycles. The SMILES string of the molecule is COCCNC(=O)c1ccc(N2CCCC(CO)C2)nc1. The van der Waals surface area contributed by atoms with Crippen molar-refractivity contribution in [3.05, 3.63) is 23.9 Å². The Kier molecular flexibility index (Phi) is 5.95. The Balaban J connectivity index is 1.93. The predicted molar refractivity (Wildman–Crippen MR) is 80.5 cm³/mol. The van der Waals surface area contributed by atoms with Crippen molar-refractivity contribution in [3.63, 3.8) is 0 Å². The molecule has 0 aromatic carbocycles. The number of aliphatic hydroxyl groups excluding tert-OH is 1. The van der Waals surface area contributed by atoms with E-state index in [-0.39, 0.29) is 12.5 Å². The largest absolute Gasteiger partial charge is 0.396 e. The number of amides is 1. The second-order valence-corrected chi connectivity index (χ2v) is 5.29. The van der Waals surface area contributed by atoms with Crippen molar-refractivity contribution in [3.8, 4) is 0 Å². The van der Waals surface area contributed by atoms with Gasteiger partial charge < -0.3 is 20.1 Å². The summed E-state index contributed by atoms with van der Waals surface area (Å²) in [5, 5.41) is 12.0. The first-order chi connectivity index (χ1) is 10.2. The molecule has 1 aromatic heterocycles. The molecule has 0 spiro atoms. The fourth-order valence-electron chi connectivity index (χ4n) is 2.50. The lowest BCUT2D eigenvalue weighted by Crippen LogP contribution is -2.37. The molecule has 1 unspecified atom stereocenters. The molecule has 0 bridgehead atoms. The van der Waals surface area contributed by atoms with Crippen molar-refractivity contribution in [1.82, 2.24) is 10.3 Å². The highest BCUT2D eigenvalue weighted by atomic mass is 16.5. The third-order valence-electron chi connectivity index (χ3n) is 3.70. The fraction of sp³-hybridized carbons (Fsp3) is 0.600. The summed E-state index contributed by atoms with van der Waals surface area (Å²) in [4.78, 5) is 18.4. The van der Waals surface area contributed by atoms with Crippen molar-refractivity contribution in [2.45, 2.75) is 12.8 Å². The van der Waals surface area contributed by atoms with Gasteiger partial charge in [-0.2, -0.15) is 0 Å². The highest BCUT2D eigenvalue weighted by Crippen LogP contribution is 2.21. The van der Waals surface area contributed by atoms with Crippen LogP contribution in [0.25, 0.3) is 0 Å². The van der Waals surface area contributed by atoms with E-state index in [2.05, 4.69) is 15.2 Å². The number of hydrogen-bond acceptors (Lipinski definition) is 5. The first kappa shape index (κ1) is 15.7. The van der Waals surface area contributed by atoms with Gasteiger partial charge >= 0.3 is 0 Å². The van der Waals surface area contributed by atoms with Crippen LogP contribution >= 0.6 is 0 Å². The summed E-state index contributed by atoms with van der Waals surface area (Å²) < 4.78 is 4.89. The molecule has 2 N–H and O–H groups in total. The Morgan fingerprint density at radius 3 is 3.10 bits per heavy atom. The van der Waals surface area contributed by atoms with Gasteiger partial charge in [0.05, 0.1) is 12.2 Å². The lowest BCUT2D eigenvalue weighted by molar-refractivity contribution is 0.0937. The molecule has 1 fully saturated rings. The summed E-state index contributed by atoms with van der Waals surface area (Å²) in [5.74, 6) is 1.04. The van der Waals surface area contributed by atoms with Crippen LogP contribution in [-0.4, -0.2) is 56.0 Å². The Hall–Kier alpha value is -1.66. The zero-order valence-corrected chi connectivity index (χ0v) is 12.4. The van der Waals surface area contributed by atoms with Crippen LogP contribution in [0.5, 0.6) is 0 Å². The number of anilines is 1. The van der Waals surface area contributed by atoms with Gasteiger partial charge in [0.25, 0.3) is 5.91 Å². The van der Waals surface area contributed by atoms with E-state index >= 15 is 0 Å². The standard InChI is InChI=1S/C15H23N3O3/c1-21-8-6-16-15(20)13-4-5-14(17-9-13)18-7-2-3-12(10-18)11-19/h4-5,9,12,19H,2-3,6-8,10-11H2,1H3,(H,16,20). The summed E-state index contributed by atoms with van der Waals surface area (Å²) in [7, 11) is 1.60. The van der Waals surface area contributed by atoms with Crippen LogP contribution in [0, 0.1) is 5.92 Å². The number of rotatable bonds is 6. The lowest BCUT2D eigenvalue weighted by atomic mass is 9.99. The molecular formula is C15H23N3O3. The zero-order chi connectivity index (χ0) is 15.1. The number of methoxy groups -OCH3 is 1. The van der Waals surface area contributed by atoms with Crippen LogP contribution in [0.4, 0.5) is 5.82 Å². The number of carbonyl (C=O) groups is 1. The summed E-state index contributed by atoms with van der Waals surface area (Å²) in [6.45, 7) is 2.97. The summed E-state index contributed by atoms with van der Waals surface area (Å²) in [6, 6.07) is 3.65. The smallest absolute Gasteiger partial charge is 0.252 e. The van der Waals surface area contributed by atoms with Crippen molar-refractivity contribution < 1.29 is 14.6 Å². The maximum atomic E-state index is 11.9. The van der Waals surface area contributed by atoms with E-state index in [4.69, 9.17) is 4.74 Å². The maximum Gasteiger partial charge on any atom is 0.252 e. The van der Waals surface area contributed by atoms with Crippen LogP contribution in [0.15, 0.2) is 18.3 Å². The molecule has 0 aliphatic carbocycles. The van der Waals surface area contributed by atoms with Gasteiger partial charge in [-0.05, 0) is 30.9 Å². The number of nitrogens with zero attached hydrogens (tertiary/aromatic N) is 2. The fourth-order valence-corrected chi connectivity index (χ4v) is 2.50. The van der Waals surface area contributed by atoms with E-state index < -0.39 is 0 Å². The molecule has 1 aliphatic heterocycles. The van der Waals surface area contributed by atoms with Crippen molar-refractivity contribution in [1.29, 1.82) is 0 Å². The number of pyridine rings is 1. The van der Waals surface area contributed by atoms with Gasteiger partial charge in [-0.3, -0.25) is 4.79 Å². The number of nitrogens with one attached hydrogen (secondary N) is 1. The number of ether oxygens (including phenoxy) is 1. The van der Waals surface area contributed by atoms with E-state index in [1.807, 2.05) is 6.07 Å². The Bertz CT molecular complexity index is 450. The number of aromatic nitrogens is 1. The van der Waals surface area contributed by atoms with Gasteiger partial charge in [0.2, 0.25) is 0 Å². The molecule has 1 atom stereocenters. The van der Waals surface area contributed by atoms with Gasteiger partial charge in [0.15, 0.2) is 0 Å². The molecular weight excluding hydrogens is 270 g/mol. The number of piperidine rings is 1. The van der Waals surface area contributed by atoms with Crippen LogP contribution in [-0.2, 0) is 4.74 Å². The first-order valence-corrected chi connectivity index (χ1v) is 7.33. The second kappa shape index (κ2) is 7.95. The van der Waals surface area contributed by atoms with E-state index in [9.17, 15) is 9.90 Å². The molecule has 1 aliphatic rings. The van der Waals surface area contributed by atoms with Crippen LogP contribution in [0.2, 0.25) is 0 Å². The Morgan fingerprint density at radius 2 is 2.43 bits per heavy atom. The average Bonchev–Trinajstić information content (AvgIpc) is 2.55. The minimum Gasteiger partial charge on any atom is -0.396 e. The zero-order valence-electron chi connectivity index (χ0n) is 12.4. The molecule has 6 nitrogen and oxygen atoms in total. The van der Waals surface area contributed by atoms with Crippen molar-refractivity contribution >= 4 is 11.7 Å². The molecule has 1 aromatic rings. The third kappa shape index (κ3) is 4.41. The van der Waals surface area contributed by atoms with Gasteiger partial charge in [-0.25, -0.2) is 4.98 Å². The molecule has 1 amide bonds. The molecule has 21 heavy (non-hydrogen) atoms. The van der Waals surface area contributed by atoms with Crippen LogP contribution < -0.4 is 10.2 Å². The first-order valence-electron chi connectivity index (χ1n) is 7.33. The highest BCUT2D eigenvalue weighted by Gasteiger charge is 2.20. The number of hydrogen-bond donors (Lipinski definition) is 2. The van der Waals surface area contributed by atoms with Gasteiger partial charge in [-0.1, -0.05) is 0 Å². The van der Waals surface area contributed by atoms with Crippen LogP contribution in [0.3, 0.4) is 0 Å². The molecule has 6 heteroatoms. The highest BCUT2D eigenvalue weighted by molar-refractivity contribution is 5.94. The minimum absolute atomic E-state index is 0.141. The molecule has 0 radical (unpaired) electrons. The quantitative estimate of drug-likeness (QED) is 0.754. The molecule has 0 saturated carbocycles. The van der Waals surface area contributed by atoms with Crippen LogP contribution in [0.1, 0.15) is 23.2 Å². The van der Waals surface area contributed by atoms with Crippen molar-refractivity contribution in [2.75, 3.05) is 44.9 Å². The van der Waals surface area contributed by atoms with E-state index in [0.717, 1.165) is 31.7 Å².